The Morgan fingerprint density at radius 3 is 1.51 bits per heavy atom. The Hall–Kier alpha value is -1.54. The third-order valence-electron chi connectivity index (χ3n) is 10.8. The van der Waals surface area contributed by atoms with Crippen LogP contribution in [0.25, 0.3) is 0 Å². The number of likely N-dealkylation sites (N-methyl/N-ethyl adjacent to an activating group) is 1. The maximum atomic E-state index is 12.9. The molecule has 0 aliphatic heterocycles. The van der Waals surface area contributed by atoms with Crippen LogP contribution in [0.3, 0.4) is 0 Å². The lowest BCUT2D eigenvalue weighted by molar-refractivity contribution is -0.870. The number of aliphatic hydroxyl groups is 1. The van der Waals surface area contributed by atoms with E-state index in [1.54, 1.807) is 6.08 Å². The highest BCUT2D eigenvalue weighted by molar-refractivity contribution is 7.45. The van der Waals surface area contributed by atoms with Crippen LogP contribution in [0.2, 0.25) is 0 Å². The molecule has 0 aromatic carbocycles. The van der Waals surface area contributed by atoms with Crippen LogP contribution in [0.5, 0.6) is 0 Å². The standard InChI is InChI=1S/C50H95N2O6P/c1-6-8-10-12-14-16-18-20-22-23-24-25-26-27-28-30-31-33-35-37-39-41-43-49(53)48(47-58-59(55,56)57-46-45-52(3,4)5)51-50(54)44-42-40-38-36-34-32-29-21-19-17-15-13-11-9-7-2/h15,17,19,21,33,35,41,43,48-49,53H,6-14,16,18,20,22-32,34,36-40,42,44-47H2,1-5H3,(H-,51,54,55,56)/b17-15-,21-19-,35-33+,43-41+. The van der Waals surface area contributed by atoms with Crippen molar-refractivity contribution in [1.82, 2.24) is 5.32 Å². The number of phosphoric ester groups is 1. The summed E-state index contributed by atoms with van der Waals surface area (Å²) in [5, 5.41) is 13.8. The molecule has 346 valence electrons. The highest BCUT2D eigenvalue weighted by atomic mass is 31.2. The van der Waals surface area contributed by atoms with Crippen LogP contribution in [0, 0.1) is 0 Å². The van der Waals surface area contributed by atoms with E-state index in [4.69, 9.17) is 9.05 Å². The monoisotopic (exact) mass is 851 g/mol. The summed E-state index contributed by atoms with van der Waals surface area (Å²) >= 11 is 0. The predicted octanol–water partition coefficient (Wildman–Crippen LogP) is 13.4. The number of amides is 1. The van der Waals surface area contributed by atoms with Gasteiger partial charge in [-0.3, -0.25) is 9.36 Å². The van der Waals surface area contributed by atoms with Gasteiger partial charge in [0.1, 0.15) is 13.2 Å². The van der Waals surface area contributed by atoms with E-state index >= 15 is 0 Å². The maximum absolute atomic E-state index is 12.9. The molecule has 0 spiro atoms. The summed E-state index contributed by atoms with van der Waals surface area (Å²) in [6, 6.07) is -0.910. The van der Waals surface area contributed by atoms with E-state index in [-0.39, 0.29) is 12.5 Å². The van der Waals surface area contributed by atoms with Gasteiger partial charge < -0.3 is 28.8 Å². The van der Waals surface area contributed by atoms with Crippen molar-refractivity contribution in [1.29, 1.82) is 0 Å². The lowest BCUT2D eigenvalue weighted by Crippen LogP contribution is -2.45. The Morgan fingerprint density at radius 1 is 0.593 bits per heavy atom. The second-order valence-corrected chi connectivity index (χ2v) is 19.2. The van der Waals surface area contributed by atoms with Crippen molar-refractivity contribution in [3.8, 4) is 0 Å². The van der Waals surface area contributed by atoms with Gasteiger partial charge in [-0.15, -0.1) is 0 Å². The molecule has 0 bridgehead atoms. The fourth-order valence-electron chi connectivity index (χ4n) is 6.86. The smallest absolute Gasteiger partial charge is 0.268 e. The van der Waals surface area contributed by atoms with Gasteiger partial charge in [0, 0.05) is 6.42 Å². The van der Waals surface area contributed by atoms with Crippen molar-refractivity contribution < 1.29 is 32.9 Å². The number of carbonyl (C=O) groups excluding carboxylic acids is 1. The van der Waals surface area contributed by atoms with Gasteiger partial charge in [-0.1, -0.05) is 197 Å². The molecule has 59 heavy (non-hydrogen) atoms. The van der Waals surface area contributed by atoms with Gasteiger partial charge in [0.2, 0.25) is 5.91 Å². The summed E-state index contributed by atoms with van der Waals surface area (Å²) in [7, 11) is 1.23. The van der Waals surface area contributed by atoms with Crippen LogP contribution in [0.1, 0.15) is 213 Å². The van der Waals surface area contributed by atoms with Crippen molar-refractivity contribution in [2.45, 2.75) is 225 Å². The molecule has 3 atom stereocenters. The maximum Gasteiger partial charge on any atom is 0.268 e. The molecule has 9 heteroatoms. The quantitative estimate of drug-likeness (QED) is 0.0208. The number of hydrogen-bond donors (Lipinski definition) is 2. The molecule has 0 aromatic heterocycles. The zero-order valence-corrected chi connectivity index (χ0v) is 40.1. The number of unbranched alkanes of at least 4 members (excludes halogenated alkanes) is 26. The normalized spacial score (nSPS) is 14.6. The Labute approximate surface area is 365 Å². The fourth-order valence-corrected chi connectivity index (χ4v) is 7.59. The highest BCUT2D eigenvalue weighted by Gasteiger charge is 2.23. The van der Waals surface area contributed by atoms with E-state index in [1.165, 1.54) is 135 Å². The lowest BCUT2D eigenvalue weighted by atomic mass is 10.0. The molecule has 0 aliphatic rings. The van der Waals surface area contributed by atoms with Crippen molar-refractivity contribution in [2.75, 3.05) is 40.9 Å². The van der Waals surface area contributed by atoms with Gasteiger partial charge in [-0.2, -0.15) is 0 Å². The van der Waals surface area contributed by atoms with E-state index in [2.05, 4.69) is 55.6 Å². The van der Waals surface area contributed by atoms with Crippen LogP contribution in [0.4, 0.5) is 0 Å². The van der Waals surface area contributed by atoms with Crippen LogP contribution in [-0.2, 0) is 18.4 Å². The molecule has 3 unspecified atom stereocenters. The summed E-state index contributed by atoms with van der Waals surface area (Å²) in [5.74, 6) is -0.220. The van der Waals surface area contributed by atoms with E-state index in [1.807, 2.05) is 27.2 Å². The molecule has 1 amide bonds. The first-order chi connectivity index (χ1) is 28.5. The van der Waals surface area contributed by atoms with Crippen molar-refractivity contribution >= 4 is 13.7 Å². The Bertz CT molecular complexity index is 1100. The Kier molecular flexibility index (Phi) is 40.7. The van der Waals surface area contributed by atoms with Gasteiger partial charge in [-0.25, -0.2) is 0 Å². The number of aliphatic hydroxyl groups excluding tert-OH is 1. The minimum atomic E-state index is -4.60. The number of allylic oxidation sites excluding steroid dienone is 7. The SMILES string of the molecule is CCCCC/C=C\C=C/CCCCCCCCC(=O)NC(COP(=O)([O-])OCC[N+](C)(C)C)C(O)/C=C/CC/C=C/CCCCCCCCCCCCCCCCCC. The Morgan fingerprint density at radius 2 is 1.00 bits per heavy atom. The minimum Gasteiger partial charge on any atom is -0.756 e. The summed E-state index contributed by atoms with van der Waals surface area (Å²) < 4.78 is 23.2. The van der Waals surface area contributed by atoms with E-state index in [0.717, 1.165) is 57.8 Å². The predicted molar refractivity (Wildman–Crippen MR) is 251 cm³/mol. The minimum absolute atomic E-state index is 0.00993. The lowest BCUT2D eigenvalue weighted by Gasteiger charge is -2.29. The summed E-state index contributed by atoms with van der Waals surface area (Å²) in [6.07, 6.45) is 53.1. The molecule has 0 saturated carbocycles. The molecule has 0 aliphatic carbocycles. The summed E-state index contributed by atoms with van der Waals surface area (Å²) in [6.45, 7) is 4.59. The van der Waals surface area contributed by atoms with Gasteiger partial charge in [0.15, 0.2) is 0 Å². The van der Waals surface area contributed by atoms with Gasteiger partial charge in [0.05, 0.1) is 39.9 Å². The van der Waals surface area contributed by atoms with Crippen molar-refractivity contribution in [2.24, 2.45) is 0 Å². The van der Waals surface area contributed by atoms with E-state index in [0.29, 0.717) is 17.4 Å². The highest BCUT2D eigenvalue weighted by Crippen LogP contribution is 2.38. The van der Waals surface area contributed by atoms with Gasteiger partial charge in [-0.05, 0) is 57.8 Å². The second-order valence-electron chi connectivity index (χ2n) is 17.8. The van der Waals surface area contributed by atoms with E-state index in [9.17, 15) is 19.4 Å². The third-order valence-corrected chi connectivity index (χ3v) is 11.8. The van der Waals surface area contributed by atoms with E-state index < -0.39 is 26.6 Å². The van der Waals surface area contributed by atoms with Crippen molar-refractivity contribution in [3.63, 3.8) is 0 Å². The van der Waals surface area contributed by atoms with Gasteiger partial charge >= 0.3 is 0 Å². The van der Waals surface area contributed by atoms with Gasteiger partial charge in [0.25, 0.3) is 7.82 Å². The summed E-state index contributed by atoms with van der Waals surface area (Å²) in [5.41, 5.74) is 0. The third kappa shape index (κ3) is 44.3. The molecular formula is C50H95N2O6P. The first-order valence-corrected chi connectivity index (χ1v) is 26.0. The number of nitrogens with one attached hydrogen (secondary N) is 1. The number of phosphoric acid groups is 1. The van der Waals surface area contributed by atoms with Crippen LogP contribution in [-0.4, -0.2) is 68.5 Å². The molecular weight excluding hydrogens is 756 g/mol. The molecule has 0 fully saturated rings. The van der Waals surface area contributed by atoms with Crippen LogP contribution in [0.15, 0.2) is 48.6 Å². The second kappa shape index (κ2) is 41.8. The topological polar surface area (TPSA) is 108 Å². The fraction of sp³-hybridized carbons (Fsp3) is 0.820. The molecule has 0 radical (unpaired) electrons. The molecule has 0 aromatic rings. The number of nitrogens with zero attached hydrogens (tertiary/aromatic N) is 1. The molecule has 8 nitrogen and oxygen atoms in total. The average Bonchev–Trinajstić information content (AvgIpc) is 3.19. The molecule has 0 rings (SSSR count). The van der Waals surface area contributed by atoms with Crippen LogP contribution >= 0.6 is 7.82 Å². The number of hydrogen-bond acceptors (Lipinski definition) is 6. The number of carbonyl (C=O) groups is 1. The summed E-state index contributed by atoms with van der Waals surface area (Å²) in [4.78, 5) is 25.3. The number of quaternary nitrogens is 1. The Balaban J connectivity index is 4.40. The molecule has 0 saturated heterocycles. The zero-order chi connectivity index (χ0) is 43.6. The zero-order valence-electron chi connectivity index (χ0n) is 39.2. The van der Waals surface area contributed by atoms with Crippen molar-refractivity contribution in [3.05, 3.63) is 48.6 Å². The molecule has 2 N–H and O–H groups in total. The molecule has 0 heterocycles. The van der Waals surface area contributed by atoms with Crippen LogP contribution < -0.4 is 10.2 Å². The average molecular weight is 851 g/mol. The largest absolute Gasteiger partial charge is 0.756 e. The number of rotatable bonds is 44. The first-order valence-electron chi connectivity index (χ1n) is 24.5. The first kappa shape index (κ1) is 57.5.